The minimum absolute atomic E-state index is 0.207. The molecule has 1 aromatic rings. The molecule has 6 nitrogen and oxygen atoms in total. The van der Waals surface area contributed by atoms with Gasteiger partial charge in [0.1, 0.15) is 17.6 Å². The van der Waals surface area contributed by atoms with Crippen molar-refractivity contribution in [1.29, 1.82) is 0 Å². The molecule has 0 amide bonds. The van der Waals surface area contributed by atoms with Crippen molar-refractivity contribution in [2.45, 2.75) is 38.9 Å². The number of hydrogen-bond donors (Lipinski definition) is 0. The Hall–Kier alpha value is -1.67. The third-order valence-electron chi connectivity index (χ3n) is 3.96. The van der Waals surface area contributed by atoms with E-state index in [0.717, 1.165) is 0 Å². The van der Waals surface area contributed by atoms with Crippen LogP contribution in [0.3, 0.4) is 0 Å². The fourth-order valence-electron chi connectivity index (χ4n) is 1.97. The summed E-state index contributed by atoms with van der Waals surface area (Å²) in [5.74, 6) is 0.414. The molecule has 2 heterocycles. The molecule has 22 heavy (non-hydrogen) atoms. The number of ether oxygens (including phenoxy) is 2. The van der Waals surface area contributed by atoms with Crippen molar-refractivity contribution in [2.75, 3.05) is 14.2 Å². The summed E-state index contributed by atoms with van der Waals surface area (Å²) in [6.07, 6.45) is 2.49. The Balaban J connectivity index is 2.35. The van der Waals surface area contributed by atoms with E-state index in [9.17, 15) is 4.39 Å². The second-order valence-corrected chi connectivity index (χ2v) is 5.92. The average molecular weight is 310 g/mol. The van der Waals surface area contributed by atoms with Crippen LogP contribution < -0.4 is 9.47 Å². The maximum absolute atomic E-state index is 14.6. The van der Waals surface area contributed by atoms with Gasteiger partial charge < -0.3 is 18.8 Å². The van der Waals surface area contributed by atoms with Gasteiger partial charge in [-0.2, -0.15) is 0 Å². The number of rotatable bonds is 4. The predicted molar refractivity (Wildman–Crippen MR) is 80.3 cm³/mol. The molecule has 0 atom stereocenters. The van der Waals surface area contributed by atoms with Gasteiger partial charge in [-0.15, -0.1) is 0 Å². The van der Waals surface area contributed by atoms with Crippen LogP contribution in [0.2, 0.25) is 0 Å². The Kier molecular flexibility index (Phi) is 4.44. The number of nitrogens with zero attached hydrogens (tertiary/aromatic N) is 2. The van der Waals surface area contributed by atoms with E-state index in [2.05, 4.69) is 9.97 Å². The second-order valence-electron chi connectivity index (χ2n) is 5.92. The minimum atomic E-state index is -1.10. The molecule has 2 rings (SSSR count). The van der Waals surface area contributed by atoms with Crippen molar-refractivity contribution < 1.29 is 23.2 Å². The first-order chi connectivity index (χ1) is 10.2. The summed E-state index contributed by atoms with van der Waals surface area (Å²) in [4.78, 5) is 7.87. The highest BCUT2D eigenvalue weighted by Crippen LogP contribution is 2.39. The van der Waals surface area contributed by atoms with Crippen molar-refractivity contribution in [3.63, 3.8) is 0 Å². The molecule has 0 spiro atoms. The van der Waals surface area contributed by atoms with E-state index in [1.165, 1.54) is 26.6 Å². The van der Waals surface area contributed by atoms with Gasteiger partial charge in [-0.05, 0) is 33.8 Å². The van der Waals surface area contributed by atoms with Crippen molar-refractivity contribution in [2.24, 2.45) is 0 Å². The molecule has 0 radical (unpaired) electrons. The maximum atomic E-state index is 14.6. The third kappa shape index (κ3) is 2.93. The Morgan fingerprint density at radius 3 is 1.95 bits per heavy atom. The predicted octanol–water partition coefficient (Wildman–Crippen LogP) is 2.44. The zero-order chi connectivity index (χ0) is 16.5. The van der Waals surface area contributed by atoms with Gasteiger partial charge in [-0.1, -0.05) is 0 Å². The molecule has 8 heteroatoms. The highest BCUT2D eigenvalue weighted by Gasteiger charge is 2.53. The van der Waals surface area contributed by atoms with Crippen LogP contribution in [0.25, 0.3) is 6.08 Å². The lowest BCUT2D eigenvalue weighted by molar-refractivity contribution is 0.00578. The molecule has 0 bridgehead atoms. The molecule has 1 aliphatic rings. The molecular formula is C14H20BFN2O4. The Bertz CT molecular complexity index is 554. The van der Waals surface area contributed by atoms with Crippen molar-refractivity contribution in [3.8, 4) is 11.8 Å². The van der Waals surface area contributed by atoms with Crippen LogP contribution in [0.15, 0.2) is 12.1 Å². The molecule has 0 unspecified atom stereocenters. The van der Waals surface area contributed by atoms with E-state index >= 15 is 0 Å². The van der Waals surface area contributed by atoms with Crippen LogP contribution in [0.4, 0.5) is 4.39 Å². The summed E-state index contributed by atoms with van der Waals surface area (Å²) in [5.41, 5.74) is -1.56. The highest BCUT2D eigenvalue weighted by atomic mass is 19.1. The highest BCUT2D eigenvalue weighted by molar-refractivity contribution is 6.54. The second kappa shape index (κ2) is 5.85. The van der Waals surface area contributed by atoms with Crippen LogP contribution >= 0.6 is 0 Å². The van der Waals surface area contributed by atoms with Gasteiger partial charge in [0.05, 0.1) is 25.4 Å². The van der Waals surface area contributed by atoms with Crippen LogP contribution in [-0.4, -0.2) is 42.5 Å². The number of aromatic nitrogens is 2. The largest absolute Gasteiger partial charge is 0.525 e. The monoisotopic (exact) mass is 310 g/mol. The number of halogens is 1. The zero-order valence-electron chi connectivity index (χ0n) is 13.6. The van der Waals surface area contributed by atoms with E-state index in [4.69, 9.17) is 18.8 Å². The van der Waals surface area contributed by atoms with Gasteiger partial charge in [0, 0.05) is 0 Å². The minimum Gasteiger partial charge on any atom is -0.480 e. The van der Waals surface area contributed by atoms with Crippen LogP contribution in [0.5, 0.6) is 11.8 Å². The summed E-state index contributed by atoms with van der Waals surface area (Å²) in [7, 11) is 1.78. The topological polar surface area (TPSA) is 62.7 Å². The fourth-order valence-corrected chi connectivity index (χ4v) is 1.97. The van der Waals surface area contributed by atoms with Crippen LogP contribution in [0.1, 0.15) is 33.3 Å². The molecule has 1 fully saturated rings. The van der Waals surface area contributed by atoms with Gasteiger partial charge in [-0.25, -0.2) is 14.4 Å². The summed E-state index contributed by atoms with van der Waals surface area (Å²) >= 11 is 0. The molecule has 1 aliphatic heterocycles. The first-order valence-electron chi connectivity index (χ1n) is 6.87. The molecule has 120 valence electrons. The Morgan fingerprint density at radius 1 is 1.09 bits per heavy atom. The number of methoxy groups -OCH3 is 2. The average Bonchev–Trinajstić information content (AvgIpc) is 2.67. The Morgan fingerprint density at radius 2 is 1.55 bits per heavy atom. The third-order valence-corrected chi connectivity index (χ3v) is 3.96. The van der Waals surface area contributed by atoms with E-state index in [-0.39, 0.29) is 11.8 Å². The SMILES string of the molecule is COc1ncnc(OC)c1C=C(F)B1OC(C)(C)C(C)(C)O1. The Labute approximate surface area is 129 Å². The lowest BCUT2D eigenvalue weighted by Gasteiger charge is -2.32. The number of hydrogen-bond acceptors (Lipinski definition) is 6. The first kappa shape index (κ1) is 16.7. The lowest BCUT2D eigenvalue weighted by Crippen LogP contribution is -2.41. The van der Waals surface area contributed by atoms with E-state index in [0.29, 0.717) is 5.56 Å². The van der Waals surface area contributed by atoms with Crippen molar-refractivity contribution >= 4 is 13.2 Å². The standard InChI is InChI=1S/C14H20BFN2O4/c1-13(2)14(3,4)22-15(21-13)10(16)7-9-11(19-5)17-8-18-12(9)20-6/h7-8H,1-6H3. The van der Waals surface area contributed by atoms with Crippen molar-refractivity contribution in [3.05, 3.63) is 17.6 Å². The lowest BCUT2D eigenvalue weighted by atomic mass is 9.87. The normalized spacial score (nSPS) is 20.1. The summed E-state index contributed by atoms with van der Waals surface area (Å²) in [6, 6.07) is 0. The maximum Gasteiger partial charge on any atom is 0.525 e. The molecule has 0 saturated carbocycles. The molecule has 0 N–H and O–H groups in total. The molecule has 0 aliphatic carbocycles. The fraction of sp³-hybridized carbons (Fsp3) is 0.571. The van der Waals surface area contributed by atoms with E-state index in [1.54, 1.807) is 0 Å². The van der Waals surface area contributed by atoms with Crippen LogP contribution in [-0.2, 0) is 9.31 Å². The first-order valence-corrected chi connectivity index (χ1v) is 6.87. The zero-order valence-corrected chi connectivity index (χ0v) is 13.6. The van der Waals surface area contributed by atoms with Gasteiger partial charge in [-0.3, -0.25) is 0 Å². The quantitative estimate of drug-likeness (QED) is 0.796. The van der Waals surface area contributed by atoms with E-state index < -0.39 is 24.0 Å². The van der Waals surface area contributed by atoms with Crippen molar-refractivity contribution in [1.82, 2.24) is 9.97 Å². The van der Waals surface area contributed by atoms with E-state index in [1.807, 2.05) is 27.7 Å². The summed E-state index contributed by atoms with van der Waals surface area (Å²) in [6.45, 7) is 7.42. The van der Waals surface area contributed by atoms with Gasteiger partial charge in [0.15, 0.2) is 0 Å². The van der Waals surface area contributed by atoms with Gasteiger partial charge in [0.2, 0.25) is 11.8 Å². The van der Waals surface area contributed by atoms with Gasteiger partial charge >= 0.3 is 7.12 Å². The smallest absolute Gasteiger partial charge is 0.480 e. The van der Waals surface area contributed by atoms with Gasteiger partial charge in [0.25, 0.3) is 0 Å². The molecule has 0 aromatic carbocycles. The molecule has 1 aromatic heterocycles. The summed E-state index contributed by atoms with van der Waals surface area (Å²) < 4.78 is 36.1. The van der Waals surface area contributed by atoms with Crippen LogP contribution in [0, 0.1) is 0 Å². The molecular weight excluding hydrogens is 290 g/mol. The summed E-state index contributed by atoms with van der Waals surface area (Å²) in [5, 5.41) is 0. The molecule has 1 saturated heterocycles.